The summed E-state index contributed by atoms with van der Waals surface area (Å²) < 4.78 is 48.8. The molecule has 170 valence electrons. The maximum absolute atomic E-state index is 12.3. The summed E-state index contributed by atoms with van der Waals surface area (Å²) in [6.07, 6.45) is 3.71. The molecule has 0 aliphatic carbocycles. The highest BCUT2D eigenvalue weighted by molar-refractivity contribution is 7.92. The van der Waals surface area contributed by atoms with Gasteiger partial charge in [-0.3, -0.25) is 9.10 Å². The van der Waals surface area contributed by atoms with E-state index in [0.29, 0.717) is 12.1 Å². The number of hydrogen-bond donors (Lipinski definition) is 1. The molecule has 1 amide bonds. The van der Waals surface area contributed by atoms with Gasteiger partial charge in [-0.25, -0.2) is 16.8 Å². The van der Waals surface area contributed by atoms with Gasteiger partial charge in [0.1, 0.15) is 0 Å². The maximum Gasteiger partial charge on any atom is 0.232 e. The van der Waals surface area contributed by atoms with E-state index in [4.69, 9.17) is 0 Å². The molecule has 1 N–H and O–H groups in total. The molecule has 9 heteroatoms. The van der Waals surface area contributed by atoms with E-state index < -0.39 is 19.9 Å². The van der Waals surface area contributed by atoms with E-state index in [-0.39, 0.29) is 29.8 Å². The molecule has 0 unspecified atom stereocenters. The molecular weight excluding hydrogens is 436 g/mol. The zero-order valence-electron chi connectivity index (χ0n) is 18.3. The predicted octanol–water partition coefficient (Wildman–Crippen LogP) is 3.08. The lowest BCUT2D eigenvalue weighted by atomic mass is 10.1. The van der Waals surface area contributed by atoms with Gasteiger partial charge in [0.15, 0.2) is 9.84 Å². The minimum Gasteiger partial charge on any atom is -0.350 e. The molecule has 0 saturated heterocycles. The van der Waals surface area contributed by atoms with E-state index in [1.807, 2.05) is 26.0 Å². The number of amides is 1. The molecule has 0 radical (unpaired) electrons. The number of carbonyl (C=O) groups is 1. The van der Waals surface area contributed by atoms with Gasteiger partial charge in [0, 0.05) is 19.2 Å². The fourth-order valence-electron chi connectivity index (χ4n) is 3.17. The van der Waals surface area contributed by atoms with E-state index >= 15 is 0 Å². The first-order chi connectivity index (χ1) is 14.4. The van der Waals surface area contributed by atoms with Gasteiger partial charge in [-0.15, -0.1) is 0 Å². The van der Waals surface area contributed by atoms with Crippen LogP contribution in [0, 0.1) is 0 Å². The fourth-order valence-corrected chi connectivity index (χ4v) is 4.76. The van der Waals surface area contributed by atoms with Gasteiger partial charge in [0.25, 0.3) is 0 Å². The molecule has 2 aromatic rings. The number of nitrogens with one attached hydrogen (secondary N) is 1. The van der Waals surface area contributed by atoms with Crippen molar-refractivity contribution in [2.45, 2.75) is 44.0 Å². The van der Waals surface area contributed by atoms with Crippen molar-refractivity contribution in [3.05, 3.63) is 59.7 Å². The van der Waals surface area contributed by atoms with Crippen LogP contribution in [0.2, 0.25) is 0 Å². The van der Waals surface area contributed by atoms with Crippen LogP contribution in [0.25, 0.3) is 0 Å². The number of rotatable bonds is 10. The van der Waals surface area contributed by atoms with Gasteiger partial charge >= 0.3 is 0 Å². The molecule has 1 atom stereocenters. The summed E-state index contributed by atoms with van der Waals surface area (Å²) in [5.41, 5.74) is 2.49. The second-order valence-corrected chi connectivity index (χ2v) is 11.5. The Kier molecular flexibility index (Phi) is 8.25. The van der Waals surface area contributed by atoms with Crippen LogP contribution in [0.5, 0.6) is 0 Å². The molecule has 0 aliphatic rings. The van der Waals surface area contributed by atoms with E-state index in [0.717, 1.165) is 30.1 Å². The molecule has 0 heterocycles. The van der Waals surface area contributed by atoms with E-state index in [1.165, 1.54) is 16.4 Å². The summed E-state index contributed by atoms with van der Waals surface area (Å²) >= 11 is 0. The first-order valence-electron chi connectivity index (χ1n) is 10.1. The average molecular weight is 467 g/mol. The molecular formula is C22H30N2O5S2. The monoisotopic (exact) mass is 466 g/mol. The largest absolute Gasteiger partial charge is 0.350 e. The Balaban J connectivity index is 1.94. The van der Waals surface area contributed by atoms with Gasteiger partial charge in [-0.1, -0.05) is 31.2 Å². The van der Waals surface area contributed by atoms with Crippen LogP contribution >= 0.6 is 0 Å². The Morgan fingerprint density at radius 2 is 1.55 bits per heavy atom. The number of sulfonamides is 1. The smallest absolute Gasteiger partial charge is 0.232 e. The van der Waals surface area contributed by atoms with Crippen LogP contribution in [0.4, 0.5) is 5.69 Å². The topological polar surface area (TPSA) is 101 Å². The normalized spacial score (nSPS) is 12.9. The quantitative estimate of drug-likeness (QED) is 0.580. The first-order valence-corrected chi connectivity index (χ1v) is 13.8. The third-order valence-electron chi connectivity index (χ3n) is 4.98. The lowest BCUT2D eigenvalue weighted by Crippen LogP contribution is -2.32. The second kappa shape index (κ2) is 10.3. The van der Waals surface area contributed by atoms with Crippen molar-refractivity contribution < 1.29 is 21.6 Å². The van der Waals surface area contributed by atoms with Crippen LogP contribution in [0.15, 0.2) is 53.4 Å². The van der Waals surface area contributed by atoms with Crippen molar-refractivity contribution in [1.29, 1.82) is 0 Å². The molecule has 0 spiro atoms. The SMILES string of the molecule is CCc1ccc(N(CCCC(=O)N[C@H](C)c2ccc(S(C)(=O)=O)cc2)S(C)(=O)=O)cc1. The second-order valence-electron chi connectivity index (χ2n) is 7.59. The van der Waals surface area contributed by atoms with Crippen LogP contribution < -0.4 is 9.62 Å². The fraction of sp³-hybridized carbons (Fsp3) is 0.409. The van der Waals surface area contributed by atoms with Gasteiger partial charge in [0.05, 0.1) is 22.9 Å². The molecule has 2 rings (SSSR count). The van der Waals surface area contributed by atoms with Crippen LogP contribution in [0.3, 0.4) is 0 Å². The Morgan fingerprint density at radius 3 is 2.03 bits per heavy atom. The lowest BCUT2D eigenvalue weighted by molar-refractivity contribution is -0.121. The Bertz CT molecular complexity index is 1090. The standard InChI is InChI=1S/C22H30N2O5S2/c1-5-18-8-12-20(13-9-18)24(31(4,28)29)16-6-7-22(25)23-17(2)19-10-14-21(15-11-19)30(3,26)27/h8-15,17H,5-7,16H2,1-4H3,(H,23,25)/t17-/m1/s1. The number of carbonyl (C=O) groups excluding carboxylic acids is 1. The molecule has 0 aliphatic heterocycles. The van der Waals surface area contributed by atoms with Gasteiger partial charge in [-0.2, -0.15) is 0 Å². The molecule has 0 fully saturated rings. The van der Waals surface area contributed by atoms with Crippen molar-refractivity contribution in [3.8, 4) is 0 Å². The van der Waals surface area contributed by atoms with E-state index in [2.05, 4.69) is 5.32 Å². The van der Waals surface area contributed by atoms with Crippen LogP contribution in [0.1, 0.15) is 43.9 Å². The molecule has 2 aromatic carbocycles. The Morgan fingerprint density at radius 1 is 0.968 bits per heavy atom. The summed E-state index contributed by atoms with van der Waals surface area (Å²) in [6.45, 7) is 4.05. The van der Waals surface area contributed by atoms with Crippen molar-refractivity contribution in [1.82, 2.24) is 5.32 Å². The van der Waals surface area contributed by atoms with Gasteiger partial charge < -0.3 is 5.32 Å². The van der Waals surface area contributed by atoms with E-state index in [1.54, 1.807) is 24.3 Å². The number of benzene rings is 2. The third kappa shape index (κ3) is 7.36. The predicted molar refractivity (Wildman–Crippen MR) is 123 cm³/mol. The molecule has 31 heavy (non-hydrogen) atoms. The number of nitrogens with zero attached hydrogens (tertiary/aromatic N) is 1. The van der Waals surface area contributed by atoms with Crippen LogP contribution in [-0.2, 0) is 31.1 Å². The first kappa shape index (κ1) is 24.9. The summed E-state index contributed by atoms with van der Waals surface area (Å²) in [7, 11) is -6.73. The average Bonchev–Trinajstić information content (AvgIpc) is 2.70. The van der Waals surface area contributed by atoms with Gasteiger partial charge in [0.2, 0.25) is 15.9 Å². The van der Waals surface area contributed by atoms with Crippen molar-refractivity contribution >= 4 is 31.5 Å². The summed E-state index contributed by atoms with van der Waals surface area (Å²) in [4.78, 5) is 12.6. The summed E-state index contributed by atoms with van der Waals surface area (Å²) in [5.74, 6) is -0.200. The molecule has 0 bridgehead atoms. The molecule has 7 nitrogen and oxygen atoms in total. The van der Waals surface area contributed by atoms with Crippen molar-refractivity contribution in [2.75, 3.05) is 23.4 Å². The number of sulfone groups is 1. The van der Waals surface area contributed by atoms with Crippen LogP contribution in [-0.4, -0.2) is 41.8 Å². The van der Waals surface area contributed by atoms with Crippen molar-refractivity contribution in [3.63, 3.8) is 0 Å². The highest BCUT2D eigenvalue weighted by Gasteiger charge is 2.18. The molecule has 0 aromatic heterocycles. The lowest BCUT2D eigenvalue weighted by Gasteiger charge is -2.23. The summed E-state index contributed by atoms with van der Waals surface area (Å²) in [6, 6.07) is 13.4. The van der Waals surface area contributed by atoms with E-state index in [9.17, 15) is 21.6 Å². The number of anilines is 1. The minimum atomic E-state index is -3.47. The van der Waals surface area contributed by atoms with Crippen molar-refractivity contribution in [2.24, 2.45) is 0 Å². The maximum atomic E-state index is 12.3. The number of hydrogen-bond acceptors (Lipinski definition) is 5. The zero-order valence-corrected chi connectivity index (χ0v) is 20.0. The summed E-state index contributed by atoms with van der Waals surface area (Å²) in [5, 5.41) is 2.87. The Hall–Kier alpha value is -2.39. The Labute approximate surface area is 185 Å². The zero-order chi connectivity index (χ0) is 23.2. The third-order valence-corrected chi connectivity index (χ3v) is 7.31. The number of aryl methyl sites for hydroxylation is 1. The van der Waals surface area contributed by atoms with Gasteiger partial charge in [-0.05, 0) is 55.2 Å². The molecule has 0 saturated carbocycles. The highest BCUT2D eigenvalue weighted by atomic mass is 32.2. The highest BCUT2D eigenvalue weighted by Crippen LogP contribution is 2.20. The minimum absolute atomic E-state index is 0.171.